The number of nitrogens with one attached hydrogen (secondary N) is 1. The Hall–Kier alpha value is -1.40. The number of aliphatic carboxylic acids is 1. The van der Waals surface area contributed by atoms with Crippen molar-refractivity contribution in [3.05, 3.63) is 0 Å². The van der Waals surface area contributed by atoms with Gasteiger partial charge in [0.05, 0.1) is 6.42 Å². The highest BCUT2D eigenvalue weighted by Gasteiger charge is 2.69. The Morgan fingerprint density at radius 2 is 1.91 bits per heavy atom. The van der Waals surface area contributed by atoms with Crippen molar-refractivity contribution in [2.24, 2.45) is 23.7 Å². The van der Waals surface area contributed by atoms with Crippen molar-refractivity contribution in [2.75, 3.05) is 12.0 Å². The molecule has 0 aromatic carbocycles. The fourth-order valence-corrected chi connectivity index (χ4v) is 6.64. The van der Waals surface area contributed by atoms with Gasteiger partial charge in [0.25, 0.3) is 0 Å². The van der Waals surface area contributed by atoms with Crippen LogP contribution in [0.25, 0.3) is 0 Å². The number of carbonyl (C=O) groups excluding carboxylic acids is 2. The van der Waals surface area contributed by atoms with E-state index in [-0.39, 0.29) is 30.6 Å². The lowest BCUT2D eigenvalue weighted by molar-refractivity contribution is -0.576. The number of carboxylic acid groups (broad SMARTS) is 1. The molecule has 0 aromatic rings. The Balaban J connectivity index is 1.37. The van der Waals surface area contributed by atoms with E-state index in [9.17, 15) is 19.5 Å². The summed E-state index contributed by atoms with van der Waals surface area (Å²) in [6.07, 6.45) is 3.82. The van der Waals surface area contributed by atoms with Gasteiger partial charge in [-0.2, -0.15) is 11.8 Å². The predicted molar refractivity (Wildman–Crippen MR) is 125 cm³/mol. The summed E-state index contributed by atoms with van der Waals surface area (Å²) in [5, 5.41) is 11.8. The summed E-state index contributed by atoms with van der Waals surface area (Å²) >= 11 is 1.50. The van der Waals surface area contributed by atoms with Crippen molar-refractivity contribution in [2.45, 2.75) is 95.7 Å². The molecule has 1 aliphatic carbocycles. The molecular formula is C24H37NO9S. The van der Waals surface area contributed by atoms with E-state index in [0.29, 0.717) is 24.5 Å². The third kappa shape index (κ3) is 5.20. The zero-order chi connectivity index (χ0) is 25.4. The zero-order valence-electron chi connectivity index (χ0n) is 20.8. The number of carbonyl (C=O) groups is 3. The van der Waals surface area contributed by atoms with Gasteiger partial charge >= 0.3 is 11.9 Å². The lowest BCUT2D eigenvalue weighted by Crippen LogP contribution is -2.70. The van der Waals surface area contributed by atoms with E-state index >= 15 is 0 Å². The quantitative estimate of drug-likeness (QED) is 0.349. The number of ether oxygens (including phenoxy) is 3. The number of rotatable bonds is 9. The first-order valence-corrected chi connectivity index (χ1v) is 13.9. The van der Waals surface area contributed by atoms with Crippen molar-refractivity contribution < 1.29 is 43.5 Å². The summed E-state index contributed by atoms with van der Waals surface area (Å²) in [5.41, 5.74) is -0.738. The number of hydrogen-bond donors (Lipinski definition) is 2. The lowest BCUT2D eigenvalue weighted by atomic mass is 9.58. The van der Waals surface area contributed by atoms with E-state index in [4.69, 9.17) is 24.0 Å². The van der Waals surface area contributed by atoms with Crippen LogP contribution in [0.2, 0.25) is 0 Å². The number of esters is 1. The van der Waals surface area contributed by atoms with E-state index < -0.39 is 47.9 Å². The standard InChI is InChI=1S/C24H37NO9S/c1-13-5-6-16-14(2)21(31-22-24(16)15(13)9-11-23(3,32-22)33-34-24)30-19(27)8-7-18(26)25-17(20(28)29)10-12-35-4/h13-17,21-22H,5-12H2,1-4H3,(H,25,26)(H,28,29)/t13-,14-,15+,16+,17?,21-,22-,23-,24-/m1/s1. The van der Waals surface area contributed by atoms with Crippen LogP contribution in [0.5, 0.6) is 0 Å². The van der Waals surface area contributed by atoms with Gasteiger partial charge in [0.2, 0.25) is 18.0 Å². The third-order valence-electron chi connectivity index (χ3n) is 8.14. The molecule has 35 heavy (non-hydrogen) atoms. The molecule has 4 heterocycles. The van der Waals surface area contributed by atoms with Crippen LogP contribution in [0.1, 0.15) is 65.7 Å². The number of fused-ring (bicyclic) bond motifs is 2. The van der Waals surface area contributed by atoms with Crippen molar-refractivity contribution in [1.29, 1.82) is 0 Å². The molecule has 5 aliphatic rings. The highest BCUT2D eigenvalue weighted by atomic mass is 32.2. The first kappa shape index (κ1) is 26.7. The average Bonchev–Trinajstić information content (AvgIpc) is 3.04. The SMILES string of the molecule is CSCCC(NC(=O)CCC(=O)O[C@@H]1O[C@@H]2O[C@@]3(C)CC[C@H]4[C@H](C)CC[C@@H]([C@H]1C)[C@@]24OO3)C(=O)O. The molecule has 1 saturated carbocycles. The Morgan fingerprint density at radius 3 is 2.63 bits per heavy atom. The van der Waals surface area contributed by atoms with Crippen molar-refractivity contribution >= 4 is 29.6 Å². The molecule has 5 rings (SSSR count). The van der Waals surface area contributed by atoms with Gasteiger partial charge in [-0.25, -0.2) is 14.6 Å². The van der Waals surface area contributed by atoms with Gasteiger partial charge in [0.1, 0.15) is 6.04 Å². The maximum atomic E-state index is 12.6. The maximum absolute atomic E-state index is 12.6. The second-order valence-corrected chi connectivity index (χ2v) is 11.5. The van der Waals surface area contributed by atoms with E-state index in [1.165, 1.54) is 11.8 Å². The smallest absolute Gasteiger partial charge is 0.326 e. The predicted octanol–water partition coefficient (Wildman–Crippen LogP) is 2.84. The summed E-state index contributed by atoms with van der Waals surface area (Å²) < 4.78 is 18.2. The molecular weight excluding hydrogens is 478 g/mol. The molecule has 2 N–H and O–H groups in total. The van der Waals surface area contributed by atoms with Crippen LogP contribution in [-0.2, 0) is 38.4 Å². The molecule has 0 radical (unpaired) electrons. The highest BCUT2D eigenvalue weighted by molar-refractivity contribution is 7.98. The summed E-state index contributed by atoms with van der Waals surface area (Å²) in [6, 6.07) is -0.975. The second kappa shape index (κ2) is 10.5. The first-order valence-electron chi connectivity index (χ1n) is 12.5. The molecule has 9 atom stereocenters. The van der Waals surface area contributed by atoms with Gasteiger partial charge < -0.3 is 24.6 Å². The molecule has 5 fully saturated rings. The largest absolute Gasteiger partial charge is 0.480 e. The van der Waals surface area contributed by atoms with E-state index in [1.807, 2.05) is 20.1 Å². The molecule has 2 bridgehead atoms. The minimum Gasteiger partial charge on any atom is -0.480 e. The maximum Gasteiger partial charge on any atom is 0.326 e. The summed E-state index contributed by atoms with van der Waals surface area (Å²) in [5.74, 6) is -1.96. The average molecular weight is 516 g/mol. The normalized spacial score (nSPS) is 40.8. The van der Waals surface area contributed by atoms with Gasteiger partial charge in [-0.1, -0.05) is 13.8 Å². The molecule has 0 aromatic heterocycles. The van der Waals surface area contributed by atoms with Gasteiger partial charge in [-0.05, 0) is 56.5 Å². The number of hydrogen-bond acceptors (Lipinski definition) is 9. The molecule has 4 aliphatic heterocycles. The zero-order valence-corrected chi connectivity index (χ0v) is 21.6. The van der Waals surface area contributed by atoms with Crippen molar-refractivity contribution in [3.63, 3.8) is 0 Å². The van der Waals surface area contributed by atoms with E-state index in [0.717, 1.165) is 19.3 Å². The van der Waals surface area contributed by atoms with Gasteiger partial charge in [-0.15, -0.1) is 0 Å². The molecule has 11 heteroatoms. The van der Waals surface area contributed by atoms with Gasteiger partial charge in [0, 0.05) is 24.7 Å². The minimum absolute atomic E-state index is 0.0268. The van der Waals surface area contributed by atoms with Crippen molar-refractivity contribution in [3.8, 4) is 0 Å². The molecule has 4 saturated heterocycles. The Labute approximate surface area is 210 Å². The Bertz CT molecular complexity index is 827. The molecule has 1 unspecified atom stereocenters. The Morgan fingerprint density at radius 1 is 1.14 bits per heavy atom. The van der Waals surface area contributed by atoms with E-state index in [2.05, 4.69) is 12.2 Å². The molecule has 10 nitrogen and oxygen atoms in total. The fraction of sp³-hybridized carbons (Fsp3) is 0.875. The Kier molecular flexibility index (Phi) is 8.02. The van der Waals surface area contributed by atoms with Gasteiger partial charge in [0.15, 0.2) is 11.9 Å². The third-order valence-corrected chi connectivity index (χ3v) is 8.79. The van der Waals surface area contributed by atoms with Crippen LogP contribution >= 0.6 is 11.8 Å². The highest BCUT2D eigenvalue weighted by Crippen LogP contribution is 2.60. The van der Waals surface area contributed by atoms with Crippen LogP contribution in [0, 0.1) is 23.7 Å². The first-order chi connectivity index (χ1) is 16.6. The number of thioether (sulfide) groups is 1. The number of amides is 1. The van der Waals surface area contributed by atoms with Crippen LogP contribution in [-0.4, -0.2) is 65.0 Å². The summed E-state index contributed by atoms with van der Waals surface area (Å²) in [4.78, 5) is 48.1. The van der Waals surface area contributed by atoms with Crippen LogP contribution < -0.4 is 5.32 Å². The lowest BCUT2D eigenvalue weighted by Gasteiger charge is -2.59. The van der Waals surface area contributed by atoms with Crippen molar-refractivity contribution in [1.82, 2.24) is 5.32 Å². The van der Waals surface area contributed by atoms with E-state index in [1.54, 1.807) is 0 Å². The second-order valence-electron chi connectivity index (χ2n) is 10.5. The van der Waals surface area contributed by atoms with Crippen LogP contribution in [0.3, 0.4) is 0 Å². The molecule has 1 amide bonds. The van der Waals surface area contributed by atoms with Crippen LogP contribution in [0.15, 0.2) is 0 Å². The topological polar surface area (TPSA) is 130 Å². The van der Waals surface area contributed by atoms with Gasteiger partial charge in [-0.3, -0.25) is 9.59 Å². The fourth-order valence-electron chi connectivity index (χ4n) is 6.17. The molecule has 1 spiro atoms. The molecule has 198 valence electrons. The van der Waals surface area contributed by atoms with Crippen LogP contribution in [0.4, 0.5) is 0 Å². The summed E-state index contributed by atoms with van der Waals surface area (Å²) in [7, 11) is 0. The monoisotopic (exact) mass is 515 g/mol. The number of carboxylic acids is 1. The summed E-state index contributed by atoms with van der Waals surface area (Å²) in [6.45, 7) is 6.05. The minimum atomic E-state index is -1.09.